The Bertz CT molecular complexity index is 1160. The summed E-state index contributed by atoms with van der Waals surface area (Å²) in [5.41, 5.74) is 3.45. The molecule has 0 saturated heterocycles. The largest absolute Gasteiger partial charge is 0.282 e. The zero-order chi connectivity index (χ0) is 21.6. The van der Waals surface area contributed by atoms with Gasteiger partial charge in [-0.15, -0.1) is 0 Å². The third kappa shape index (κ3) is 5.99. The number of hydrogen-bond acceptors (Lipinski definition) is 2. The Kier molecular flexibility index (Phi) is 7.38. The van der Waals surface area contributed by atoms with Crippen LogP contribution in [0.15, 0.2) is 91.5 Å². The second-order valence-corrected chi connectivity index (χ2v) is 9.38. The highest BCUT2D eigenvalue weighted by atomic mass is 35.5. The molecule has 3 nitrogen and oxygen atoms in total. The third-order valence-electron chi connectivity index (χ3n) is 4.50. The highest BCUT2D eigenvalue weighted by molar-refractivity contribution is 7.89. The van der Waals surface area contributed by atoms with Crippen molar-refractivity contribution in [3.63, 3.8) is 0 Å². The smallest absolute Gasteiger partial charge is 0.233 e. The van der Waals surface area contributed by atoms with Crippen molar-refractivity contribution < 1.29 is 8.42 Å². The van der Waals surface area contributed by atoms with Gasteiger partial charge >= 0.3 is 0 Å². The SMILES string of the molecule is C=CC(=C(NS(=O)(=O)CCc1ccccc1)c1ccc(Cl)cc1)c1cccc(Cl)c1. The van der Waals surface area contributed by atoms with E-state index in [1.54, 1.807) is 42.5 Å². The average molecular weight is 458 g/mol. The maximum atomic E-state index is 12.9. The number of nitrogens with one attached hydrogen (secondary N) is 1. The van der Waals surface area contributed by atoms with Crippen LogP contribution in [-0.2, 0) is 16.4 Å². The summed E-state index contributed by atoms with van der Waals surface area (Å²) in [4.78, 5) is 0. The number of allylic oxidation sites excluding steroid dienone is 2. The normalized spacial score (nSPS) is 12.2. The second-order valence-electron chi connectivity index (χ2n) is 6.67. The lowest BCUT2D eigenvalue weighted by molar-refractivity contribution is 0.591. The lowest BCUT2D eigenvalue weighted by Gasteiger charge is -2.17. The Hall–Kier alpha value is -2.53. The molecule has 0 spiro atoms. The first-order valence-electron chi connectivity index (χ1n) is 9.31. The standard InChI is InChI=1S/C24H21Cl2NO2S/c1-2-23(20-9-6-10-22(26)17-20)24(19-11-13-21(25)14-12-19)27-30(28,29)16-15-18-7-4-3-5-8-18/h2-14,17,27H,1,15-16H2. The third-order valence-corrected chi connectivity index (χ3v) is 6.25. The van der Waals surface area contributed by atoms with E-state index >= 15 is 0 Å². The summed E-state index contributed by atoms with van der Waals surface area (Å²) in [5.74, 6) is -0.0475. The van der Waals surface area contributed by atoms with E-state index in [1.165, 1.54) is 0 Å². The van der Waals surface area contributed by atoms with Gasteiger partial charge in [0.1, 0.15) is 0 Å². The van der Waals surface area contributed by atoms with Gasteiger partial charge in [0, 0.05) is 15.6 Å². The molecule has 0 fully saturated rings. The van der Waals surface area contributed by atoms with E-state index in [2.05, 4.69) is 11.3 Å². The van der Waals surface area contributed by atoms with Gasteiger partial charge in [0.15, 0.2) is 0 Å². The van der Waals surface area contributed by atoms with Crippen LogP contribution in [0.3, 0.4) is 0 Å². The predicted molar refractivity (Wildman–Crippen MR) is 127 cm³/mol. The van der Waals surface area contributed by atoms with Crippen molar-refractivity contribution in [1.29, 1.82) is 0 Å². The maximum absolute atomic E-state index is 12.9. The average Bonchev–Trinajstić information content (AvgIpc) is 2.74. The van der Waals surface area contributed by atoms with Gasteiger partial charge in [-0.05, 0) is 47.4 Å². The Balaban J connectivity index is 2.01. The maximum Gasteiger partial charge on any atom is 0.233 e. The van der Waals surface area contributed by atoms with Gasteiger partial charge in [-0.2, -0.15) is 0 Å². The molecule has 0 heterocycles. The van der Waals surface area contributed by atoms with Gasteiger partial charge < -0.3 is 0 Å². The summed E-state index contributed by atoms with van der Waals surface area (Å²) in [7, 11) is -3.63. The predicted octanol–water partition coefficient (Wildman–Crippen LogP) is 6.21. The summed E-state index contributed by atoms with van der Waals surface area (Å²) in [6.07, 6.45) is 2.03. The molecule has 3 rings (SSSR count). The fourth-order valence-electron chi connectivity index (χ4n) is 3.01. The van der Waals surface area contributed by atoms with Crippen LogP contribution in [0.2, 0.25) is 10.0 Å². The van der Waals surface area contributed by atoms with Crippen molar-refractivity contribution in [2.75, 3.05) is 5.75 Å². The first kappa shape index (κ1) is 22.2. The van der Waals surface area contributed by atoms with Crippen molar-refractivity contribution in [2.24, 2.45) is 0 Å². The molecule has 6 heteroatoms. The van der Waals surface area contributed by atoms with Gasteiger partial charge in [0.2, 0.25) is 10.0 Å². The zero-order valence-electron chi connectivity index (χ0n) is 16.2. The van der Waals surface area contributed by atoms with Crippen molar-refractivity contribution in [1.82, 2.24) is 4.72 Å². The highest BCUT2D eigenvalue weighted by Gasteiger charge is 2.17. The first-order valence-corrected chi connectivity index (χ1v) is 11.7. The van der Waals surface area contributed by atoms with E-state index in [9.17, 15) is 8.42 Å². The Morgan fingerprint density at radius 3 is 2.20 bits per heavy atom. The lowest BCUT2D eigenvalue weighted by Crippen LogP contribution is -2.27. The monoisotopic (exact) mass is 457 g/mol. The van der Waals surface area contributed by atoms with Crippen molar-refractivity contribution in [2.45, 2.75) is 6.42 Å². The zero-order valence-corrected chi connectivity index (χ0v) is 18.5. The van der Waals surface area contributed by atoms with Crippen LogP contribution in [-0.4, -0.2) is 14.2 Å². The molecule has 0 aliphatic carbocycles. The molecule has 0 unspecified atom stereocenters. The Labute approximate surface area is 187 Å². The lowest BCUT2D eigenvalue weighted by atomic mass is 10.00. The van der Waals surface area contributed by atoms with Crippen LogP contribution in [0.1, 0.15) is 16.7 Å². The van der Waals surface area contributed by atoms with E-state index in [-0.39, 0.29) is 5.75 Å². The summed E-state index contributed by atoms with van der Waals surface area (Å²) in [6.45, 7) is 3.89. The van der Waals surface area contributed by atoms with Crippen LogP contribution in [0.25, 0.3) is 11.3 Å². The van der Waals surface area contributed by atoms with Crippen LogP contribution < -0.4 is 4.72 Å². The molecule has 1 N–H and O–H groups in total. The van der Waals surface area contributed by atoms with E-state index in [0.717, 1.165) is 11.1 Å². The van der Waals surface area contributed by atoms with Gasteiger partial charge in [-0.1, -0.05) is 90.5 Å². The van der Waals surface area contributed by atoms with Gasteiger partial charge in [-0.25, -0.2) is 8.42 Å². The van der Waals surface area contributed by atoms with E-state index in [0.29, 0.717) is 33.3 Å². The molecule has 0 aliphatic heterocycles. The number of halogens is 2. The number of hydrogen-bond donors (Lipinski definition) is 1. The topological polar surface area (TPSA) is 46.2 Å². The summed E-state index contributed by atoms with van der Waals surface area (Å²) in [6, 6.07) is 23.7. The molecule has 3 aromatic rings. The van der Waals surface area contributed by atoms with Gasteiger partial charge in [0.05, 0.1) is 11.4 Å². The number of rotatable bonds is 8. The van der Waals surface area contributed by atoms with Crippen molar-refractivity contribution in [3.05, 3.63) is 118 Å². The minimum atomic E-state index is -3.63. The fourth-order valence-corrected chi connectivity index (χ4v) is 4.47. The number of sulfonamides is 1. The summed E-state index contributed by atoms with van der Waals surface area (Å²) < 4.78 is 28.6. The number of benzene rings is 3. The van der Waals surface area contributed by atoms with Gasteiger partial charge in [-0.3, -0.25) is 4.72 Å². The number of aryl methyl sites for hydroxylation is 1. The minimum Gasteiger partial charge on any atom is -0.282 e. The summed E-state index contributed by atoms with van der Waals surface area (Å²) in [5, 5.41) is 1.11. The molecular weight excluding hydrogens is 437 g/mol. The van der Waals surface area contributed by atoms with Crippen molar-refractivity contribution >= 4 is 44.5 Å². The van der Waals surface area contributed by atoms with Gasteiger partial charge in [0.25, 0.3) is 0 Å². The Morgan fingerprint density at radius 2 is 1.57 bits per heavy atom. The molecule has 0 amide bonds. The molecule has 0 radical (unpaired) electrons. The van der Waals surface area contributed by atoms with Crippen LogP contribution in [0.5, 0.6) is 0 Å². The van der Waals surface area contributed by atoms with Crippen molar-refractivity contribution in [3.8, 4) is 0 Å². The van der Waals surface area contributed by atoms with Crippen LogP contribution in [0.4, 0.5) is 0 Å². The molecule has 0 aromatic heterocycles. The first-order chi connectivity index (χ1) is 14.4. The molecule has 0 aliphatic rings. The Morgan fingerprint density at radius 1 is 0.867 bits per heavy atom. The molecule has 0 bridgehead atoms. The molecule has 3 aromatic carbocycles. The molecule has 0 atom stereocenters. The van der Waals surface area contributed by atoms with E-state index in [4.69, 9.17) is 23.2 Å². The fraction of sp³-hybridized carbons (Fsp3) is 0.0833. The van der Waals surface area contributed by atoms with E-state index in [1.807, 2.05) is 42.5 Å². The van der Waals surface area contributed by atoms with Crippen LogP contribution >= 0.6 is 23.2 Å². The van der Waals surface area contributed by atoms with Crippen LogP contribution in [0, 0.1) is 0 Å². The minimum absolute atomic E-state index is 0.0475. The second kappa shape index (κ2) is 9.98. The highest BCUT2D eigenvalue weighted by Crippen LogP contribution is 2.28. The molecule has 0 saturated carbocycles. The quantitative estimate of drug-likeness (QED) is 0.322. The molecule has 30 heavy (non-hydrogen) atoms. The summed E-state index contributed by atoms with van der Waals surface area (Å²) >= 11 is 12.2. The van der Waals surface area contributed by atoms with E-state index < -0.39 is 10.0 Å². The molecule has 154 valence electrons. The molecular formula is C24H21Cl2NO2S.